The predicted molar refractivity (Wildman–Crippen MR) is 115 cm³/mol. The Morgan fingerprint density at radius 3 is 2.48 bits per heavy atom. The lowest BCUT2D eigenvalue weighted by atomic mass is 10.2. The second kappa shape index (κ2) is 8.69. The van der Waals surface area contributed by atoms with Crippen molar-refractivity contribution in [3.05, 3.63) is 59.8 Å². The number of esters is 1. The number of sulfonamides is 1. The van der Waals surface area contributed by atoms with Gasteiger partial charge in [0.15, 0.2) is 0 Å². The molecule has 3 rings (SSSR count). The number of H-pyrrole nitrogens is 1. The molecule has 2 aromatic carbocycles. The lowest BCUT2D eigenvalue weighted by Gasteiger charge is -2.24. The Kier molecular flexibility index (Phi) is 6.27. The monoisotopic (exact) mass is 414 g/mol. The fourth-order valence-electron chi connectivity index (χ4n) is 3.21. The molecule has 0 bridgehead atoms. The highest BCUT2D eigenvalue weighted by Crippen LogP contribution is 2.28. The van der Waals surface area contributed by atoms with Crippen molar-refractivity contribution in [1.29, 1.82) is 0 Å². The first-order valence-corrected chi connectivity index (χ1v) is 11.1. The van der Waals surface area contributed by atoms with Crippen LogP contribution in [0.3, 0.4) is 0 Å². The number of nitrogens with zero attached hydrogens (tertiary/aromatic N) is 1. The summed E-state index contributed by atoms with van der Waals surface area (Å²) in [4.78, 5) is 15.6. The molecule has 29 heavy (non-hydrogen) atoms. The average molecular weight is 415 g/mol. The molecule has 0 fully saturated rings. The van der Waals surface area contributed by atoms with E-state index in [0.717, 1.165) is 39.2 Å². The Morgan fingerprint density at radius 2 is 1.79 bits per heavy atom. The minimum Gasteiger partial charge on any atom is -0.464 e. The van der Waals surface area contributed by atoms with Crippen LogP contribution in [0.1, 0.15) is 30.9 Å². The lowest BCUT2D eigenvalue weighted by molar-refractivity contribution is -0.141. The van der Waals surface area contributed by atoms with Gasteiger partial charge in [-0.2, -0.15) is 0 Å². The van der Waals surface area contributed by atoms with Crippen LogP contribution in [0.25, 0.3) is 10.9 Å². The highest BCUT2D eigenvalue weighted by molar-refractivity contribution is 7.92. The van der Waals surface area contributed by atoms with Gasteiger partial charge in [0.05, 0.1) is 17.2 Å². The Morgan fingerprint density at radius 1 is 1.07 bits per heavy atom. The summed E-state index contributed by atoms with van der Waals surface area (Å²) in [7, 11) is -3.95. The molecule has 1 aromatic heterocycles. The molecular formula is C22H26N2O4S. The minimum atomic E-state index is -3.95. The molecular weight excluding hydrogens is 388 g/mol. The lowest BCUT2D eigenvalue weighted by Crippen LogP contribution is -2.36. The van der Waals surface area contributed by atoms with Crippen LogP contribution in [-0.4, -0.2) is 32.5 Å². The number of hydrogen-bond acceptors (Lipinski definition) is 4. The van der Waals surface area contributed by atoms with E-state index in [1.807, 2.05) is 32.9 Å². The van der Waals surface area contributed by atoms with Gasteiger partial charge in [-0.3, -0.25) is 9.10 Å². The van der Waals surface area contributed by atoms with Crippen LogP contribution in [0.2, 0.25) is 0 Å². The van der Waals surface area contributed by atoms with Gasteiger partial charge in [-0.05, 0) is 67.8 Å². The molecule has 0 amide bonds. The fraction of sp³-hybridized carbons (Fsp3) is 0.318. The molecule has 1 N–H and O–H groups in total. The molecule has 0 aliphatic heterocycles. The summed E-state index contributed by atoms with van der Waals surface area (Å²) in [6.45, 7) is 5.60. The normalized spacial score (nSPS) is 11.6. The Bertz CT molecular complexity index is 1100. The van der Waals surface area contributed by atoms with Gasteiger partial charge in [0.1, 0.15) is 6.54 Å². The molecule has 0 saturated heterocycles. The Hall–Kier alpha value is -2.80. The number of hydrogen-bond donors (Lipinski definition) is 1. The number of rotatable bonds is 8. The quantitative estimate of drug-likeness (QED) is 0.440. The Labute approximate surface area is 171 Å². The second-order valence-electron chi connectivity index (χ2n) is 7.16. The van der Waals surface area contributed by atoms with Gasteiger partial charge in [-0.15, -0.1) is 0 Å². The zero-order chi connectivity index (χ0) is 21.0. The SMILES string of the molecule is CCCCOC(=O)CN(c1ccc2[nH]ccc2c1)S(=O)(=O)c1cc(C)cc(C)c1. The van der Waals surface area contributed by atoms with Crippen LogP contribution in [0.4, 0.5) is 5.69 Å². The topological polar surface area (TPSA) is 79.5 Å². The second-order valence-corrected chi connectivity index (χ2v) is 9.02. The van der Waals surface area contributed by atoms with Crippen molar-refractivity contribution in [1.82, 2.24) is 4.98 Å². The third kappa shape index (κ3) is 4.79. The number of aromatic nitrogens is 1. The van der Waals surface area contributed by atoms with E-state index < -0.39 is 16.0 Å². The number of aromatic amines is 1. The van der Waals surface area contributed by atoms with Gasteiger partial charge in [-0.1, -0.05) is 19.4 Å². The van der Waals surface area contributed by atoms with Crippen molar-refractivity contribution in [3.63, 3.8) is 0 Å². The first-order valence-electron chi connectivity index (χ1n) is 9.65. The predicted octanol–water partition coefficient (Wildman–Crippen LogP) is 4.32. The largest absolute Gasteiger partial charge is 0.464 e. The van der Waals surface area contributed by atoms with E-state index in [0.29, 0.717) is 5.69 Å². The summed E-state index contributed by atoms with van der Waals surface area (Å²) in [5, 5.41) is 0.863. The summed E-state index contributed by atoms with van der Waals surface area (Å²) in [5.74, 6) is -0.569. The van der Waals surface area contributed by atoms with E-state index in [4.69, 9.17) is 4.74 Å². The number of carbonyl (C=O) groups excluding carboxylic acids is 1. The average Bonchev–Trinajstić information content (AvgIpc) is 3.13. The third-order valence-corrected chi connectivity index (χ3v) is 6.39. The van der Waals surface area contributed by atoms with Gasteiger partial charge < -0.3 is 9.72 Å². The van der Waals surface area contributed by atoms with E-state index in [9.17, 15) is 13.2 Å². The number of ether oxygens (including phenoxy) is 1. The molecule has 0 atom stereocenters. The molecule has 0 aliphatic carbocycles. The van der Waals surface area contributed by atoms with Crippen molar-refractivity contribution in [2.45, 2.75) is 38.5 Å². The molecule has 154 valence electrons. The first kappa shape index (κ1) is 20.9. The zero-order valence-corrected chi connectivity index (χ0v) is 17.8. The van der Waals surface area contributed by atoms with Crippen LogP contribution < -0.4 is 4.31 Å². The highest BCUT2D eigenvalue weighted by Gasteiger charge is 2.28. The van der Waals surface area contributed by atoms with Crippen molar-refractivity contribution >= 4 is 32.6 Å². The van der Waals surface area contributed by atoms with E-state index in [2.05, 4.69) is 4.98 Å². The van der Waals surface area contributed by atoms with Gasteiger partial charge in [0.2, 0.25) is 0 Å². The van der Waals surface area contributed by atoms with Crippen molar-refractivity contribution in [3.8, 4) is 0 Å². The molecule has 0 unspecified atom stereocenters. The zero-order valence-electron chi connectivity index (χ0n) is 16.9. The number of fused-ring (bicyclic) bond motifs is 1. The van der Waals surface area contributed by atoms with Crippen molar-refractivity contribution in [2.75, 3.05) is 17.5 Å². The van der Waals surface area contributed by atoms with Gasteiger partial charge in [0, 0.05) is 17.1 Å². The van der Waals surface area contributed by atoms with E-state index in [1.54, 1.807) is 36.5 Å². The summed E-state index contributed by atoms with van der Waals surface area (Å²) in [5.41, 5.74) is 3.00. The number of anilines is 1. The van der Waals surface area contributed by atoms with E-state index >= 15 is 0 Å². The number of benzene rings is 2. The maximum Gasteiger partial charge on any atom is 0.326 e. The molecule has 0 aliphatic rings. The van der Waals surface area contributed by atoms with E-state index in [-0.39, 0.29) is 18.0 Å². The van der Waals surface area contributed by atoms with Crippen LogP contribution in [0.5, 0.6) is 0 Å². The van der Waals surface area contributed by atoms with Crippen LogP contribution in [0.15, 0.2) is 53.6 Å². The fourth-order valence-corrected chi connectivity index (χ4v) is 4.80. The molecule has 6 nitrogen and oxygen atoms in total. The maximum atomic E-state index is 13.5. The summed E-state index contributed by atoms with van der Waals surface area (Å²) in [6, 6.07) is 12.3. The number of carbonyl (C=O) groups is 1. The standard InChI is InChI=1S/C22H26N2O4S/c1-4-5-10-28-22(25)15-24(19-6-7-21-18(14-19)8-9-23-21)29(26,27)20-12-16(2)11-17(3)13-20/h6-9,11-14,23H,4-5,10,15H2,1-3H3. The molecule has 1 heterocycles. The van der Waals surface area contributed by atoms with Crippen molar-refractivity contribution < 1.29 is 17.9 Å². The third-order valence-electron chi connectivity index (χ3n) is 4.64. The molecule has 7 heteroatoms. The number of aryl methyl sites for hydroxylation is 2. The van der Waals surface area contributed by atoms with Crippen molar-refractivity contribution in [2.24, 2.45) is 0 Å². The Balaban J connectivity index is 2.02. The van der Waals surface area contributed by atoms with Gasteiger partial charge >= 0.3 is 5.97 Å². The highest BCUT2D eigenvalue weighted by atomic mass is 32.2. The number of unbranched alkanes of at least 4 members (excludes halogenated alkanes) is 1. The molecule has 3 aromatic rings. The molecule has 0 saturated carbocycles. The van der Waals surface area contributed by atoms with Crippen LogP contribution >= 0.6 is 0 Å². The van der Waals surface area contributed by atoms with Gasteiger partial charge in [0.25, 0.3) is 10.0 Å². The smallest absolute Gasteiger partial charge is 0.326 e. The number of nitrogens with one attached hydrogen (secondary N) is 1. The summed E-state index contributed by atoms with van der Waals surface area (Å²) < 4.78 is 33.3. The summed E-state index contributed by atoms with van der Waals surface area (Å²) in [6.07, 6.45) is 3.42. The summed E-state index contributed by atoms with van der Waals surface area (Å²) >= 11 is 0. The maximum absolute atomic E-state index is 13.5. The molecule has 0 radical (unpaired) electrons. The van der Waals surface area contributed by atoms with Crippen LogP contribution in [0, 0.1) is 13.8 Å². The molecule has 0 spiro atoms. The van der Waals surface area contributed by atoms with Crippen LogP contribution in [-0.2, 0) is 19.6 Å². The first-order chi connectivity index (χ1) is 13.8. The van der Waals surface area contributed by atoms with Gasteiger partial charge in [-0.25, -0.2) is 8.42 Å². The van der Waals surface area contributed by atoms with E-state index in [1.165, 1.54) is 0 Å². The minimum absolute atomic E-state index is 0.158.